The van der Waals surface area contributed by atoms with E-state index in [0.29, 0.717) is 6.42 Å². The number of rotatable bonds is 4. The fourth-order valence-electron chi connectivity index (χ4n) is 3.00. The van der Waals surface area contributed by atoms with E-state index in [2.05, 4.69) is 19.1 Å². The van der Waals surface area contributed by atoms with Gasteiger partial charge in [-0.15, -0.1) is 11.6 Å². The van der Waals surface area contributed by atoms with Crippen LogP contribution < -0.4 is 0 Å². The summed E-state index contributed by atoms with van der Waals surface area (Å²) in [5.74, 6) is 0.214. The molecule has 2 unspecified atom stereocenters. The van der Waals surface area contributed by atoms with Gasteiger partial charge in [0.1, 0.15) is 0 Å². The summed E-state index contributed by atoms with van der Waals surface area (Å²) < 4.78 is 0. The maximum Gasteiger partial charge on any atom is 0.222 e. The number of hydrogen-bond donors (Lipinski definition) is 0. The Morgan fingerprint density at radius 2 is 2.00 bits per heavy atom. The highest BCUT2D eigenvalue weighted by Crippen LogP contribution is 2.27. The van der Waals surface area contributed by atoms with Gasteiger partial charge < -0.3 is 4.90 Å². The smallest absolute Gasteiger partial charge is 0.222 e. The van der Waals surface area contributed by atoms with E-state index in [1.54, 1.807) is 0 Å². The Balaban J connectivity index is 1.89. The van der Waals surface area contributed by atoms with Crippen molar-refractivity contribution in [3.63, 3.8) is 0 Å². The van der Waals surface area contributed by atoms with Crippen molar-refractivity contribution >= 4 is 17.5 Å². The van der Waals surface area contributed by atoms with E-state index >= 15 is 0 Å². The van der Waals surface area contributed by atoms with Gasteiger partial charge in [-0.25, -0.2) is 0 Å². The van der Waals surface area contributed by atoms with Crippen LogP contribution in [-0.2, 0) is 11.2 Å². The van der Waals surface area contributed by atoms with Crippen LogP contribution in [0.2, 0.25) is 0 Å². The lowest BCUT2D eigenvalue weighted by Crippen LogP contribution is -2.44. The molecule has 0 aromatic heterocycles. The Morgan fingerprint density at radius 3 is 2.70 bits per heavy atom. The van der Waals surface area contributed by atoms with Crippen molar-refractivity contribution in [2.24, 2.45) is 0 Å². The molecular weight excluding hydrogens is 270 g/mol. The predicted molar refractivity (Wildman–Crippen MR) is 84.2 cm³/mol. The number of aryl methyl sites for hydroxylation is 2. The highest BCUT2D eigenvalue weighted by Gasteiger charge is 2.29. The van der Waals surface area contributed by atoms with Gasteiger partial charge in [0, 0.05) is 19.5 Å². The van der Waals surface area contributed by atoms with E-state index in [4.69, 9.17) is 11.6 Å². The van der Waals surface area contributed by atoms with Crippen molar-refractivity contribution < 1.29 is 4.79 Å². The van der Waals surface area contributed by atoms with Crippen LogP contribution in [0.25, 0.3) is 0 Å². The average molecular weight is 294 g/mol. The van der Waals surface area contributed by atoms with Crippen LogP contribution in [0, 0.1) is 6.92 Å². The van der Waals surface area contributed by atoms with Crippen molar-refractivity contribution in [3.05, 3.63) is 35.4 Å². The van der Waals surface area contributed by atoms with Crippen molar-refractivity contribution in [3.8, 4) is 0 Å². The third-order valence-corrected chi connectivity index (χ3v) is 4.92. The number of halogens is 1. The minimum atomic E-state index is 0.121. The number of alkyl halides is 1. The number of carbonyl (C=O) groups is 1. The van der Waals surface area contributed by atoms with Gasteiger partial charge in [-0.1, -0.05) is 37.1 Å². The lowest BCUT2D eigenvalue weighted by molar-refractivity contribution is -0.132. The Labute approximate surface area is 127 Å². The Kier molecular flexibility index (Phi) is 5.47. The molecule has 1 aromatic carbocycles. The molecule has 1 amide bonds. The molecule has 0 spiro atoms. The molecule has 1 aliphatic carbocycles. The first kappa shape index (κ1) is 15.4. The third-order valence-electron chi connectivity index (χ3n) is 4.41. The summed E-state index contributed by atoms with van der Waals surface area (Å²) in [4.78, 5) is 14.2. The van der Waals surface area contributed by atoms with Crippen LogP contribution in [-0.4, -0.2) is 29.3 Å². The first-order valence-corrected chi connectivity index (χ1v) is 7.97. The normalized spacial score (nSPS) is 22.6. The molecule has 0 aliphatic heterocycles. The summed E-state index contributed by atoms with van der Waals surface area (Å²) in [7, 11) is 1.91. The molecule has 3 heteroatoms. The topological polar surface area (TPSA) is 20.3 Å². The Bertz CT molecular complexity index is 460. The molecule has 0 N–H and O–H groups in total. The van der Waals surface area contributed by atoms with E-state index < -0.39 is 0 Å². The van der Waals surface area contributed by atoms with E-state index in [1.165, 1.54) is 24.0 Å². The maximum atomic E-state index is 12.3. The molecule has 0 saturated heterocycles. The van der Waals surface area contributed by atoms with E-state index in [9.17, 15) is 4.79 Å². The first-order chi connectivity index (χ1) is 9.59. The van der Waals surface area contributed by atoms with Gasteiger partial charge in [0.2, 0.25) is 5.91 Å². The fraction of sp³-hybridized carbons (Fsp3) is 0.588. The van der Waals surface area contributed by atoms with Crippen LogP contribution >= 0.6 is 11.6 Å². The maximum absolute atomic E-state index is 12.3. The zero-order chi connectivity index (χ0) is 14.5. The van der Waals surface area contributed by atoms with Crippen LogP contribution in [0.3, 0.4) is 0 Å². The van der Waals surface area contributed by atoms with Crippen LogP contribution in [0.4, 0.5) is 0 Å². The van der Waals surface area contributed by atoms with Crippen molar-refractivity contribution in [1.82, 2.24) is 4.90 Å². The second-order valence-corrected chi connectivity index (χ2v) is 6.36. The Hall–Kier alpha value is -1.02. The van der Waals surface area contributed by atoms with Crippen molar-refractivity contribution in [2.45, 2.75) is 56.9 Å². The molecule has 1 aromatic rings. The second-order valence-electron chi connectivity index (χ2n) is 5.80. The number of hydrogen-bond acceptors (Lipinski definition) is 1. The number of nitrogens with zero attached hydrogens (tertiary/aromatic N) is 1. The van der Waals surface area contributed by atoms with E-state index in [1.807, 2.05) is 24.1 Å². The summed E-state index contributed by atoms with van der Waals surface area (Å²) in [6.45, 7) is 2.10. The molecule has 1 saturated carbocycles. The molecule has 1 fully saturated rings. The first-order valence-electron chi connectivity index (χ1n) is 7.54. The molecule has 2 rings (SSSR count). The van der Waals surface area contributed by atoms with Gasteiger partial charge in [-0.3, -0.25) is 4.79 Å². The molecule has 2 nitrogen and oxygen atoms in total. The summed E-state index contributed by atoms with van der Waals surface area (Å²) >= 11 is 6.37. The van der Waals surface area contributed by atoms with Crippen LogP contribution in [0.5, 0.6) is 0 Å². The summed E-state index contributed by atoms with van der Waals surface area (Å²) in [5.41, 5.74) is 2.52. The fourth-order valence-corrected chi connectivity index (χ4v) is 3.45. The zero-order valence-corrected chi connectivity index (χ0v) is 13.2. The summed E-state index contributed by atoms with van der Waals surface area (Å²) in [5, 5.41) is 0.121. The van der Waals surface area contributed by atoms with Gasteiger partial charge in [-0.2, -0.15) is 0 Å². The summed E-state index contributed by atoms with van der Waals surface area (Å²) in [6.07, 6.45) is 5.83. The summed E-state index contributed by atoms with van der Waals surface area (Å²) in [6, 6.07) is 8.49. The van der Waals surface area contributed by atoms with Gasteiger partial charge in [-0.05, 0) is 37.3 Å². The molecule has 0 heterocycles. The Morgan fingerprint density at radius 1 is 1.30 bits per heavy atom. The van der Waals surface area contributed by atoms with E-state index in [0.717, 1.165) is 19.3 Å². The molecule has 110 valence electrons. The molecule has 20 heavy (non-hydrogen) atoms. The van der Waals surface area contributed by atoms with Crippen molar-refractivity contribution in [2.75, 3.05) is 7.05 Å². The lowest BCUT2D eigenvalue weighted by atomic mass is 9.93. The largest absolute Gasteiger partial charge is 0.341 e. The van der Waals surface area contributed by atoms with Crippen molar-refractivity contribution in [1.29, 1.82) is 0 Å². The number of amides is 1. The average Bonchev–Trinajstić information content (AvgIpc) is 2.46. The van der Waals surface area contributed by atoms with Gasteiger partial charge >= 0.3 is 0 Å². The predicted octanol–water partition coefficient (Wildman–Crippen LogP) is 3.94. The zero-order valence-electron chi connectivity index (χ0n) is 12.4. The lowest BCUT2D eigenvalue weighted by Gasteiger charge is -2.35. The van der Waals surface area contributed by atoms with Crippen LogP contribution in [0.15, 0.2) is 24.3 Å². The van der Waals surface area contributed by atoms with Crippen LogP contribution in [0.1, 0.15) is 43.2 Å². The molecule has 0 bridgehead atoms. The van der Waals surface area contributed by atoms with Gasteiger partial charge in [0.15, 0.2) is 0 Å². The molecule has 0 radical (unpaired) electrons. The highest BCUT2D eigenvalue weighted by atomic mass is 35.5. The van der Waals surface area contributed by atoms with Gasteiger partial charge in [0.05, 0.1) is 5.38 Å². The molecule has 1 aliphatic rings. The highest BCUT2D eigenvalue weighted by molar-refractivity contribution is 6.21. The van der Waals surface area contributed by atoms with E-state index in [-0.39, 0.29) is 17.3 Å². The second kappa shape index (κ2) is 7.12. The molecule has 2 atom stereocenters. The number of benzene rings is 1. The standard InChI is InChI=1S/C17H24ClNO/c1-13-7-3-4-8-14(13)11-12-17(20)19(2)16-10-6-5-9-15(16)18/h3-4,7-8,15-16H,5-6,9-12H2,1-2H3. The van der Waals surface area contributed by atoms with Gasteiger partial charge in [0.25, 0.3) is 0 Å². The third kappa shape index (κ3) is 3.76. The number of carbonyl (C=O) groups excluding carboxylic acids is 1. The minimum Gasteiger partial charge on any atom is -0.341 e. The molecular formula is C17H24ClNO. The minimum absolute atomic E-state index is 0.121. The SMILES string of the molecule is Cc1ccccc1CCC(=O)N(C)C1CCCCC1Cl. The quantitative estimate of drug-likeness (QED) is 0.770. The monoisotopic (exact) mass is 293 g/mol.